The van der Waals surface area contributed by atoms with E-state index in [9.17, 15) is 13.2 Å². The molecule has 17 heavy (non-hydrogen) atoms. The summed E-state index contributed by atoms with van der Waals surface area (Å²) in [5.41, 5.74) is -0.136. The number of hydrogen-bond acceptors (Lipinski definition) is 3. The first kappa shape index (κ1) is 14.0. The lowest BCUT2D eigenvalue weighted by molar-refractivity contribution is -0.146. The van der Waals surface area contributed by atoms with Crippen molar-refractivity contribution in [3.05, 3.63) is 29.8 Å². The number of carboxylic acid groups (broad SMARTS) is 1. The minimum absolute atomic E-state index is 0.0102. The first-order chi connectivity index (χ1) is 7.63. The molecule has 1 N–H and O–H groups in total. The summed E-state index contributed by atoms with van der Waals surface area (Å²) in [6.07, 6.45) is 0.324. The number of carboxylic acids is 1. The van der Waals surface area contributed by atoms with Crippen molar-refractivity contribution in [1.82, 2.24) is 0 Å². The first-order valence-electron chi connectivity index (χ1n) is 4.90. The number of rotatable bonds is 4. The molecule has 0 unspecified atom stereocenters. The van der Waals surface area contributed by atoms with E-state index in [0.29, 0.717) is 6.42 Å². The van der Waals surface area contributed by atoms with E-state index in [2.05, 4.69) is 0 Å². The predicted molar refractivity (Wildman–Crippen MR) is 64.6 cm³/mol. The summed E-state index contributed by atoms with van der Waals surface area (Å²) in [7, 11) is 1.45. The summed E-state index contributed by atoms with van der Waals surface area (Å²) in [5.74, 6) is -0.897. The monoisotopic (exact) mass is 276 g/mol. The van der Waals surface area contributed by atoms with Gasteiger partial charge in [-0.1, -0.05) is 12.1 Å². The third kappa shape index (κ3) is 3.71. The van der Waals surface area contributed by atoms with Crippen LogP contribution in [0.3, 0.4) is 0 Å². The molecule has 0 aliphatic carbocycles. The lowest BCUT2D eigenvalue weighted by Gasteiger charge is -2.18. The maximum atomic E-state index is 11.0. The molecule has 0 saturated carbocycles. The highest BCUT2D eigenvalue weighted by Gasteiger charge is 2.27. The molecule has 1 aromatic carbocycles. The van der Waals surface area contributed by atoms with E-state index in [0.717, 1.165) is 5.56 Å². The van der Waals surface area contributed by atoms with E-state index in [1.165, 1.54) is 12.1 Å². The molecule has 0 radical (unpaired) electrons. The maximum absolute atomic E-state index is 11.0. The Morgan fingerprint density at radius 3 is 2.12 bits per heavy atom. The largest absolute Gasteiger partial charge is 0.481 e. The second-order valence-electron chi connectivity index (χ2n) is 4.45. The highest BCUT2D eigenvalue weighted by molar-refractivity contribution is 8.13. The van der Waals surface area contributed by atoms with Crippen molar-refractivity contribution in [3.63, 3.8) is 0 Å². The van der Waals surface area contributed by atoms with Gasteiger partial charge >= 0.3 is 5.97 Å². The number of carbonyl (C=O) groups is 1. The van der Waals surface area contributed by atoms with Gasteiger partial charge in [0.25, 0.3) is 9.05 Å². The zero-order valence-corrected chi connectivity index (χ0v) is 11.0. The molecule has 0 bridgehead atoms. The quantitative estimate of drug-likeness (QED) is 0.857. The van der Waals surface area contributed by atoms with Crippen LogP contribution in [0.2, 0.25) is 0 Å². The van der Waals surface area contributed by atoms with Crippen LogP contribution in [0.4, 0.5) is 0 Å². The number of benzene rings is 1. The van der Waals surface area contributed by atoms with Gasteiger partial charge in [0, 0.05) is 10.7 Å². The summed E-state index contributed by atoms with van der Waals surface area (Å²) >= 11 is 0. The molecule has 0 fully saturated rings. The standard InChI is InChI=1S/C11H13ClO4S/c1-11(2,10(13)14)7-8-3-5-9(6-4-8)17(12,15)16/h3-6H,7H2,1-2H3,(H,13,14). The average molecular weight is 277 g/mol. The van der Waals surface area contributed by atoms with Crippen molar-refractivity contribution < 1.29 is 18.3 Å². The summed E-state index contributed by atoms with van der Waals surface area (Å²) in [6, 6.07) is 5.88. The molecule has 0 aliphatic heterocycles. The Hall–Kier alpha value is -1.07. The zero-order valence-electron chi connectivity index (χ0n) is 9.47. The lowest BCUT2D eigenvalue weighted by atomic mass is 9.86. The Bertz CT molecular complexity index is 517. The highest BCUT2D eigenvalue weighted by atomic mass is 35.7. The molecule has 0 saturated heterocycles. The van der Waals surface area contributed by atoms with Crippen molar-refractivity contribution in [2.24, 2.45) is 5.41 Å². The van der Waals surface area contributed by atoms with Gasteiger partial charge in [0.2, 0.25) is 0 Å². The minimum atomic E-state index is -3.72. The molecule has 1 rings (SSSR count). The third-order valence-corrected chi connectivity index (χ3v) is 3.80. The van der Waals surface area contributed by atoms with Crippen LogP contribution in [0, 0.1) is 5.41 Å². The van der Waals surface area contributed by atoms with Gasteiger partial charge in [-0.15, -0.1) is 0 Å². The van der Waals surface area contributed by atoms with Crippen LogP contribution in [-0.2, 0) is 20.3 Å². The average Bonchev–Trinajstić information content (AvgIpc) is 2.16. The fourth-order valence-electron chi connectivity index (χ4n) is 1.36. The fourth-order valence-corrected chi connectivity index (χ4v) is 2.13. The number of halogens is 1. The van der Waals surface area contributed by atoms with E-state index >= 15 is 0 Å². The van der Waals surface area contributed by atoms with E-state index in [4.69, 9.17) is 15.8 Å². The van der Waals surface area contributed by atoms with Crippen molar-refractivity contribution in [2.75, 3.05) is 0 Å². The molecule has 0 atom stereocenters. The molecule has 0 aliphatic rings. The molecule has 6 heteroatoms. The predicted octanol–water partition coefficient (Wildman–Crippen LogP) is 2.27. The fraction of sp³-hybridized carbons (Fsp3) is 0.364. The summed E-state index contributed by atoms with van der Waals surface area (Å²) < 4.78 is 22.0. The molecule has 1 aromatic rings. The Morgan fingerprint density at radius 1 is 1.29 bits per heavy atom. The molecule has 4 nitrogen and oxygen atoms in total. The molecule has 0 spiro atoms. The molecule has 94 valence electrons. The Balaban J connectivity index is 2.94. The van der Waals surface area contributed by atoms with E-state index in [-0.39, 0.29) is 4.90 Å². The van der Waals surface area contributed by atoms with Crippen molar-refractivity contribution in [1.29, 1.82) is 0 Å². The van der Waals surface area contributed by atoms with E-state index < -0.39 is 20.4 Å². The van der Waals surface area contributed by atoms with Crippen LogP contribution in [-0.4, -0.2) is 19.5 Å². The third-order valence-electron chi connectivity index (χ3n) is 2.43. The van der Waals surface area contributed by atoms with Gasteiger partial charge in [-0.05, 0) is 38.0 Å². The zero-order chi connectivity index (χ0) is 13.3. The van der Waals surface area contributed by atoms with Gasteiger partial charge in [-0.2, -0.15) is 0 Å². The van der Waals surface area contributed by atoms with E-state index in [1.54, 1.807) is 26.0 Å². The molecular weight excluding hydrogens is 264 g/mol. The Kier molecular flexibility index (Phi) is 3.84. The van der Waals surface area contributed by atoms with Crippen LogP contribution in [0.1, 0.15) is 19.4 Å². The summed E-state index contributed by atoms with van der Waals surface area (Å²) in [6.45, 7) is 3.23. The Morgan fingerprint density at radius 2 is 1.76 bits per heavy atom. The number of aliphatic carboxylic acids is 1. The van der Waals surface area contributed by atoms with Gasteiger partial charge in [0.05, 0.1) is 10.3 Å². The SMILES string of the molecule is CC(C)(Cc1ccc(S(=O)(=O)Cl)cc1)C(=O)O. The van der Waals surface area contributed by atoms with Crippen LogP contribution in [0.15, 0.2) is 29.2 Å². The van der Waals surface area contributed by atoms with Crippen LogP contribution < -0.4 is 0 Å². The van der Waals surface area contributed by atoms with Gasteiger partial charge in [0.15, 0.2) is 0 Å². The second-order valence-corrected chi connectivity index (χ2v) is 7.01. The normalized spacial score (nSPS) is 12.4. The first-order valence-corrected chi connectivity index (χ1v) is 7.21. The van der Waals surface area contributed by atoms with Gasteiger partial charge in [-0.3, -0.25) is 4.79 Å². The van der Waals surface area contributed by atoms with E-state index in [1.807, 2.05) is 0 Å². The molecule has 0 aromatic heterocycles. The molecular formula is C11H13ClO4S. The summed E-state index contributed by atoms with van der Waals surface area (Å²) in [4.78, 5) is 10.9. The summed E-state index contributed by atoms with van der Waals surface area (Å²) in [5, 5.41) is 8.97. The van der Waals surface area contributed by atoms with Crippen LogP contribution >= 0.6 is 10.7 Å². The Labute approximate surface area is 105 Å². The molecule has 0 heterocycles. The maximum Gasteiger partial charge on any atom is 0.309 e. The topological polar surface area (TPSA) is 71.4 Å². The number of hydrogen-bond donors (Lipinski definition) is 1. The second kappa shape index (κ2) is 4.66. The molecule has 0 amide bonds. The minimum Gasteiger partial charge on any atom is -0.481 e. The van der Waals surface area contributed by atoms with Crippen LogP contribution in [0.25, 0.3) is 0 Å². The van der Waals surface area contributed by atoms with Gasteiger partial charge < -0.3 is 5.11 Å². The van der Waals surface area contributed by atoms with Crippen molar-refractivity contribution >= 4 is 25.7 Å². The van der Waals surface area contributed by atoms with Crippen molar-refractivity contribution in [3.8, 4) is 0 Å². The van der Waals surface area contributed by atoms with Gasteiger partial charge in [-0.25, -0.2) is 8.42 Å². The van der Waals surface area contributed by atoms with Gasteiger partial charge in [0.1, 0.15) is 0 Å². The highest BCUT2D eigenvalue weighted by Crippen LogP contribution is 2.23. The lowest BCUT2D eigenvalue weighted by Crippen LogP contribution is -2.26. The van der Waals surface area contributed by atoms with Crippen LogP contribution in [0.5, 0.6) is 0 Å². The smallest absolute Gasteiger partial charge is 0.309 e. The van der Waals surface area contributed by atoms with Crippen molar-refractivity contribution in [2.45, 2.75) is 25.2 Å².